The number of carbonyl (C=O) groups excluding carboxylic acids is 1. The van der Waals surface area contributed by atoms with Crippen LogP contribution in [0.1, 0.15) is 42.0 Å². The fourth-order valence-corrected chi connectivity index (χ4v) is 1.78. The average Bonchev–Trinajstić information content (AvgIpc) is 2.64. The molecule has 1 aromatic heterocycles. The Balaban J connectivity index is 2.89. The van der Waals surface area contributed by atoms with Crippen LogP contribution in [0, 0.1) is 19.8 Å². The maximum atomic E-state index is 12.0. The third-order valence-corrected chi connectivity index (χ3v) is 3.12. The van der Waals surface area contributed by atoms with E-state index < -0.39 is 17.9 Å². The summed E-state index contributed by atoms with van der Waals surface area (Å²) in [6.07, 6.45) is 0.681. The third-order valence-electron chi connectivity index (χ3n) is 3.12. The highest BCUT2D eigenvalue weighted by molar-refractivity contribution is 5.98. The summed E-state index contributed by atoms with van der Waals surface area (Å²) in [7, 11) is 0. The van der Waals surface area contributed by atoms with E-state index in [9.17, 15) is 9.59 Å². The first-order valence-electron chi connectivity index (χ1n) is 5.93. The molecule has 1 amide bonds. The molecule has 1 unspecified atom stereocenters. The summed E-state index contributed by atoms with van der Waals surface area (Å²) in [4.78, 5) is 23.2. The van der Waals surface area contributed by atoms with Crippen molar-refractivity contribution in [2.75, 3.05) is 0 Å². The van der Waals surface area contributed by atoms with Gasteiger partial charge >= 0.3 is 5.97 Å². The number of aromatic nitrogens is 2. The van der Waals surface area contributed by atoms with Gasteiger partial charge in [0.05, 0.1) is 11.3 Å². The van der Waals surface area contributed by atoms with Crippen molar-refractivity contribution in [1.29, 1.82) is 0 Å². The molecule has 18 heavy (non-hydrogen) atoms. The molecule has 100 valence electrons. The summed E-state index contributed by atoms with van der Waals surface area (Å²) >= 11 is 0. The van der Waals surface area contributed by atoms with E-state index in [1.165, 1.54) is 0 Å². The van der Waals surface area contributed by atoms with Gasteiger partial charge in [0, 0.05) is 5.69 Å². The summed E-state index contributed by atoms with van der Waals surface area (Å²) in [6.45, 7) is 7.13. The molecule has 0 saturated heterocycles. The molecule has 0 bridgehead atoms. The highest BCUT2D eigenvalue weighted by atomic mass is 16.4. The van der Waals surface area contributed by atoms with E-state index in [0.717, 1.165) is 0 Å². The van der Waals surface area contributed by atoms with Crippen molar-refractivity contribution in [3.63, 3.8) is 0 Å². The predicted molar refractivity (Wildman–Crippen MR) is 66.4 cm³/mol. The van der Waals surface area contributed by atoms with Crippen molar-refractivity contribution in [2.24, 2.45) is 5.92 Å². The van der Waals surface area contributed by atoms with Crippen molar-refractivity contribution in [2.45, 2.75) is 40.2 Å². The van der Waals surface area contributed by atoms with Crippen molar-refractivity contribution >= 4 is 11.9 Å². The number of carboxylic acids is 1. The van der Waals surface area contributed by atoms with Crippen LogP contribution < -0.4 is 5.32 Å². The van der Waals surface area contributed by atoms with Gasteiger partial charge in [0.1, 0.15) is 6.04 Å². The predicted octanol–water partition coefficient (Wildman–Crippen LogP) is 1.26. The molecule has 0 aromatic carbocycles. The van der Waals surface area contributed by atoms with E-state index in [4.69, 9.17) is 5.11 Å². The van der Waals surface area contributed by atoms with Crippen LogP contribution in [0.15, 0.2) is 0 Å². The van der Waals surface area contributed by atoms with Crippen molar-refractivity contribution < 1.29 is 14.7 Å². The second-order valence-corrected chi connectivity index (χ2v) is 4.48. The molecule has 6 nitrogen and oxygen atoms in total. The van der Waals surface area contributed by atoms with Gasteiger partial charge in [0.25, 0.3) is 5.91 Å². The number of rotatable bonds is 5. The molecule has 1 heterocycles. The van der Waals surface area contributed by atoms with Gasteiger partial charge in [-0.25, -0.2) is 4.79 Å². The number of aliphatic carboxylic acids is 1. The molecule has 0 fully saturated rings. The maximum absolute atomic E-state index is 12.0. The number of aromatic amines is 1. The molecule has 2 atom stereocenters. The van der Waals surface area contributed by atoms with Crippen LogP contribution in [0.4, 0.5) is 0 Å². The maximum Gasteiger partial charge on any atom is 0.326 e. The van der Waals surface area contributed by atoms with Gasteiger partial charge in [-0.05, 0) is 19.8 Å². The van der Waals surface area contributed by atoms with Gasteiger partial charge in [0.15, 0.2) is 0 Å². The summed E-state index contributed by atoms with van der Waals surface area (Å²) in [5.41, 5.74) is 1.63. The lowest BCUT2D eigenvalue weighted by Gasteiger charge is -2.20. The molecule has 6 heteroatoms. The highest BCUT2D eigenvalue weighted by Gasteiger charge is 2.27. The van der Waals surface area contributed by atoms with E-state index in [1.54, 1.807) is 20.8 Å². The first-order chi connectivity index (χ1) is 8.38. The Morgan fingerprint density at radius 3 is 2.44 bits per heavy atom. The lowest BCUT2D eigenvalue weighted by molar-refractivity contribution is -0.140. The molecule has 0 aliphatic carbocycles. The van der Waals surface area contributed by atoms with Crippen LogP contribution >= 0.6 is 0 Å². The average molecular weight is 253 g/mol. The fourth-order valence-electron chi connectivity index (χ4n) is 1.78. The van der Waals surface area contributed by atoms with Gasteiger partial charge in [-0.3, -0.25) is 9.89 Å². The van der Waals surface area contributed by atoms with Crippen LogP contribution in [0.3, 0.4) is 0 Å². The standard InChI is InChI=1S/C12H19N3O3/c1-5-6(2)10(12(17)18)13-11(16)9-7(3)14-15-8(9)4/h6,10H,5H2,1-4H3,(H,13,16)(H,14,15)(H,17,18)/t6?,10-/m0/s1. The number of carboxylic acid groups (broad SMARTS) is 1. The molecule has 0 radical (unpaired) electrons. The summed E-state index contributed by atoms with van der Waals surface area (Å²) < 4.78 is 0. The zero-order valence-electron chi connectivity index (χ0n) is 11.1. The van der Waals surface area contributed by atoms with Gasteiger partial charge in [0.2, 0.25) is 0 Å². The van der Waals surface area contributed by atoms with E-state index in [0.29, 0.717) is 23.4 Å². The first-order valence-corrected chi connectivity index (χ1v) is 5.93. The minimum Gasteiger partial charge on any atom is -0.480 e. The SMILES string of the molecule is CCC(C)[C@H](NC(=O)c1c(C)n[nH]c1C)C(=O)O. The summed E-state index contributed by atoms with van der Waals surface area (Å²) in [5, 5.41) is 18.3. The Labute approximate surface area is 106 Å². The number of hydrogen-bond donors (Lipinski definition) is 3. The molecule has 0 saturated carbocycles. The Kier molecular flexibility index (Phi) is 4.47. The van der Waals surface area contributed by atoms with Gasteiger partial charge in [-0.2, -0.15) is 5.10 Å². The molecule has 1 rings (SSSR count). The summed E-state index contributed by atoms with van der Waals surface area (Å²) in [5.74, 6) is -1.54. The Hall–Kier alpha value is -1.85. The zero-order chi connectivity index (χ0) is 13.9. The number of carbonyl (C=O) groups is 2. The molecular formula is C12H19N3O3. The molecule has 0 spiro atoms. The van der Waals surface area contributed by atoms with Gasteiger partial charge in [-0.15, -0.1) is 0 Å². The van der Waals surface area contributed by atoms with Gasteiger partial charge < -0.3 is 10.4 Å². The smallest absolute Gasteiger partial charge is 0.326 e. The second kappa shape index (κ2) is 5.66. The molecule has 0 aliphatic rings. The number of hydrogen-bond acceptors (Lipinski definition) is 3. The van der Waals surface area contributed by atoms with Crippen LogP contribution in [0.25, 0.3) is 0 Å². The fraction of sp³-hybridized carbons (Fsp3) is 0.583. The Bertz CT molecular complexity index is 434. The quantitative estimate of drug-likeness (QED) is 0.736. The lowest BCUT2D eigenvalue weighted by Crippen LogP contribution is -2.45. The van der Waals surface area contributed by atoms with E-state index in [1.807, 2.05) is 6.92 Å². The highest BCUT2D eigenvalue weighted by Crippen LogP contribution is 2.12. The largest absolute Gasteiger partial charge is 0.480 e. The third kappa shape index (κ3) is 2.88. The Morgan fingerprint density at radius 1 is 1.44 bits per heavy atom. The molecule has 3 N–H and O–H groups in total. The van der Waals surface area contributed by atoms with Crippen LogP contribution in [0.2, 0.25) is 0 Å². The van der Waals surface area contributed by atoms with Crippen molar-refractivity contribution in [3.8, 4) is 0 Å². The zero-order valence-corrected chi connectivity index (χ0v) is 11.1. The molecule has 0 aliphatic heterocycles. The lowest BCUT2D eigenvalue weighted by atomic mass is 9.99. The Morgan fingerprint density at radius 2 is 2.06 bits per heavy atom. The van der Waals surface area contributed by atoms with E-state index in [2.05, 4.69) is 15.5 Å². The molecule has 1 aromatic rings. The van der Waals surface area contributed by atoms with Crippen molar-refractivity contribution in [1.82, 2.24) is 15.5 Å². The van der Waals surface area contributed by atoms with Crippen LogP contribution in [-0.2, 0) is 4.79 Å². The van der Waals surface area contributed by atoms with E-state index >= 15 is 0 Å². The van der Waals surface area contributed by atoms with Gasteiger partial charge in [-0.1, -0.05) is 20.3 Å². The topological polar surface area (TPSA) is 95.1 Å². The van der Waals surface area contributed by atoms with Crippen LogP contribution in [-0.4, -0.2) is 33.2 Å². The minimum atomic E-state index is -1.02. The summed E-state index contributed by atoms with van der Waals surface area (Å²) in [6, 6.07) is -0.879. The number of nitrogens with zero attached hydrogens (tertiary/aromatic N) is 1. The minimum absolute atomic E-state index is 0.126. The number of amides is 1. The normalized spacial score (nSPS) is 14.0. The molecular weight excluding hydrogens is 234 g/mol. The second-order valence-electron chi connectivity index (χ2n) is 4.48. The number of nitrogens with one attached hydrogen (secondary N) is 2. The number of H-pyrrole nitrogens is 1. The number of aryl methyl sites for hydroxylation is 2. The van der Waals surface area contributed by atoms with Crippen molar-refractivity contribution in [3.05, 3.63) is 17.0 Å². The first kappa shape index (κ1) is 14.2. The van der Waals surface area contributed by atoms with Crippen LogP contribution in [0.5, 0.6) is 0 Å². The van der Waals surface area contributed by atoms with E-state index in [-0.39, 0.29) is 5.92 Å². The monoisotopic (exact) mass is 253 g/mol.